The zero-order valence-electron chi connectivity index (χ0n) is 12.4. The fourth-order valence-corrected chi connectivity index (χ4v) is 3.23. The maximum absolute atomic E-state index is 12.9. The molecule has 1 saturated carbocycles. The van der Waals surface area contributed by atoms with Gasteiger partial charge in [0, 0.05) is 42.6 Å². The summed E-state index contributed by atoms with van der Waals surface area (Å²) in [6.45, 7) is 0. The number of carbonyl (C=O) groups is 1. The summed E-state index contributed by atoms with van der Waals surface area (Å²) in [6.07, 6.45) is 2.53. The van der Waals surface area contributed by atoms with Crippen LogP contribution in [0.1, 0.15) is 12.8 Å². The van der Waals surface area contributed by atoms with Crippen molar-refractivity contribution in [3.8, 4) is 10.6 Å². The average Bonchev–Trinajstić information content (AvgIpc) is 3.06. The predicted molar refractivity (Wildman–Crippen MR) is 86.9 cm³/mol. The lowest BCUT2D eigenvalue weighted by Gasteiger charge is -2.33. The minimum Gasteiger partial charge on any atom is -0.310 e. The number of thiazole rings is 1. The second kappa shape index (κ2) is 5.55. The molecule has 3 heterocycles. The van der Waals surface area contributed by atoms with Crippen LogP contribution in [0.3, 0.4) is 0 Å². The maximum atomic E-state index is 12.9. The zero-order chi connectivity index (χ0) is 16.7. The Labute approximate surface area is 139 Å². The molecule has 1 aliphatic rings. The van der Waals surface area contributed by atoms with Gasteiger partial charge in [-0.2, -0.15) is 0 Å². The molecule has 0 saturated heterocycles. The smallest absolute Gasteiger partial charge is 0.249 e. The number of amides is 1. The van der Waals surface area contributed by atoms with Gasteiger partial charge in [-0.25, -0.2) is 18.7 Å². The lowest BCUT2D eigenvalue weighted by atomic mass is 9.81. The second-order valence-electron chi connectivity index (χ2n) is 5.77. The first-order valence-electron chi connectivity index (χ1n) is 7.34. The van der Waals surface area contributed by atoms with Gasteiger partial charge >= 0.3 is 0 Å². The highest BCUT2D eigenvalue weighted by atomic mass is 32.1. The molecule has 3 aromatic heterocycles. The van der Waals surface area contributed by atoms with Crippen LogP contribution >= 0.6 is 11.3 Å². The number of rotatable bonds is 3. The summed E-state index contributed by atoms with van der Waals surface area (Å²) in [7, 11) is 0. The van der Waals surface area contributed by atoms with Crippen molar-refractivity contribution in [3.63, 3.8) is 0 Å². The summed E-state index contributed by atoms with van der Waals surface area (Å²) in [5.74, 6) is -3.48. The number of carbonyl (C=O) groups excluding carboxylic acids is 1. The molecule has 122 valence electrons. The quantitative estimate of drug-likeness (QED) is 0.784. The molecule has 4 rings (SSSR count). The van der Waals surface area contributed by atoms with Crippen LogP contribution in [-0.2, 0) is 4.79 Å². The van der Waals surface area contributed by atoms with Crippen molar-refractivity contribution in [1.29, 1.82) is 0 Å². The Kier molecular flexibility index (Phi) is 3.49. The number of pyridine rings is 2. The molecule has 1 N–H and O–H groups in total. The van der Waals surface area contributed by atoms with Gasteiger partial charge in [-0.05, 0) is 12.1 Å². The van der Waals surface area contributed by atoms with E-state index in [2.05, 4.69) is 20.3 Å². The summed E-state index contributed by atoms with van der Waals surface area (Å²) in [5.41, 5.74) is 3.19. The van der Waals surface area contributed by atoms with Crippen molar-refractivity contribution < 1.29 is 13.6 Å². The molecule has 1 aliphatic carbocycles. The average molecular weight is 346 g/mol. The van der Waals surface area contributed by atoms with E-state index in [1.54, 1.807) is 24.0 Å². The first-order chi connectivity index (χ1) is 11.5. The maximum Gasteiger partial charge on any atom is 0.249 e. The third kappa shape index (κ3) is 2.84. The third-order valence-electron chi connectivity index (χ3n) is 3.97. The van der Waals surface area contributed by atoms with Crippen LogP contribution in [0, 0.1) is 5.92 Å². The van der Waals surface area contributed by atoms with E-state index >= 15 is 0 Å². The van der Waals surface area contributed by atoms with E-state index in [0.29, 0.717) is 11.3 Å². The van der Waals surface area contributed by atoms with Crippen molar-refractivity contribution >= 4 is 34.0 Å². The van der Waals surface area contributed by atoms with Gasteiger partial charge in [0.05, 0.1) is 21.6 Å². The van der Waals surface area contributed by atoms with Crippen LogP contribution in [0.25, 0.3) is 21.5 Å². The molecular formula is C16H12F2N4OS. The Bertz CT molecular complexity index is 906. The minimum absolute atomic E-state index is 0.316. The fraction of sp³-hybridized carbons (Fsp3) is 0.250. The van der Waals surface area contributed by atoms with Crippen LogP contribution in [0.2, 0.25) is 0 Å². The number of nitrogens with zero attached hydrogens (tertiary/aromatic N) is 3. The molecule has 1 amide bonds. The highest BCUT2D eigenvalue weighted by Crippen LogP contribution is 2.42. The van der Waals surface area contributed by atoms with Gasteiger partial charge in [0.15, 0.2) is 0 Å². The van der Waals surface area contributed by atoms with Gasteiger partial charge in [0.2, 0.25) is 11.8 Å². The molecule has 1 fully saturated rings. The second-order valence-corrected chi connectivity index (χ2v) is 6.66. The van der Waals surface area contributed by atoms with Crippen molar-refractivity contribution in [2.24, 2.45) is 5.92 Å². The van der Waals surface area contributed by atoms with Crippen LogP contribution < -0.4 is 5.32 Å². The van der Waals surface area contributed by atoms with E-state index in [4.69, 9.17) is 0 Å². The molecule has 0 radical (unpaired) electrons. The molecule has 24 heavy (non-hydrogen) atoms. The van der Waals surface area contributed by atoms with Gasteiger partial charge in [-0.3, -0.25) is 9.78 Å². The Hall–Kier alpha value is -2.48. The molecule has 0 aromatic carbocycles. The minimum atomic E-state index is -2.72. The van der Waals surface area contributed by atoms with E-state index in [0.717, 1.165) is 16.0 Å². The number of hydrogen-bond donors (Lipinski definition) is 1. The number of halogens is 2. The van der Waals surface area contributed by atoms with Crippen molar-refractivity contribution in [2.75, 3.05) is 5.32 Å². The van der Waals surface area contributed by atoms with Crippen LogP contribution in [0.15, 0.2) is 36.1 Å². The fourth-order valence-electron chi connectivity index (χ4n) is 2.64. The van der Waals surface area contributed by atoms with Crippen LogP contribution in [0.4, 0.5) is 14.6 Å². The molecule has 3 aromatic rings. The topological polar surface area (TPSA) is 67.8 Å². The molecule has 0 bridgehead atoms. The largest absolute Gasteiger partial charge is 0.310 e. The number of nitrogens with one attached hydrogen (secondary N) is 1. The van der Waals surface area contributed by atoms with Crippen molar-refractivity contribution in [1.82, 2.24) is 15.0 Å². The Balaban J connectivity index is 1.57. The van der Waals surface area contributed by atoms with Crippen molar-refractivity contribution in [2.45, 2.75) is 18.8 Å². The number of aromatic nitrogens is 3. The van der Waals surface area contributed by atoms with Crippen LogP contribution in [0.5, 0.6) is 0 Å². The Morgan fingerprint density at radius 1 is 1.29 bits per heavy atom. The van der Waals surface area contributed by atoms with Gasteiger partial charge < -0.3 is 5.32 Å². The normalized spacial score (nSPS) is 16.8. The molecule has 0 aliphatic heterocycles. The summed E-state index contributed by atoms with van der Waals surface area (Å²) in [4.78, 5) is 25.6. The van der Waals surface area contributed by atoms with Crippen molar-refractivity contribution in [3.05, 3.63) is 36.1 Å². The van der Waals surface area contributed by atoms with Gasteiger partial charge in [0.1, 0.15) is 5.82 Å². The van der Waals surface area contributed by atoms with Gasteiger partial charge in [0.25, 0.3) is 0 Å². The summed E-state index contributed by atoms with van der Waals surface area (Å²) in [5, 5.41) is 3.42. The molecular weight excluding hydrogens is 334 g/mol. The number of anilines is 1. The lowest BCUT2D eigenvalue weighted by Crippen LogP contribution is -2.42. The zero-order valence-corrected chi connectivity index (χ0v) is 13.2. The molecule has 8 heteroatoms. The summed E-state index contributed by atoms with van der Waals surface area (Å²) in [6, 6.07) is 5.42. The predicted octanol–water partition coefficient (Wildman–Crippen LogP) is 3.74. The van der Waals surface area contributed by atoms with Gasteiger partial charge in [-0.15, -0.1) is 11.3 Å². The number of fused-ring (bicyclic) bond motifs is 1. The highest BCUT2D eigenvalue weighted by Gasteiger charge is 2.48. The van der Waals surface area contributed by atoms with E-state index in [-0.39, 0.29) is 0 Å². The SMILES string of the molecule is O=C(Nc1cc2nc(-c3cncs3)ccc2cn1)C1CC(F)(F)C1. The third-order valence-corrected chi connectivity index (χ3v) is 4.77. The molecule has 0 atom stereocenters. The van der Waals surface area contributed by atoms with E-state index in [1.807, 2.05) is 12.1 Å². The molecule has 0 unspecified atom stereocenters. The number of alkyl halides is 2. The Morgan fingerprint density at radius 3 is 2.83 bits per heavy atom. The first-order valence-corrected chi connectivity index (χ1v) is 8.22. The first kappa shape index (κ1) is 15.1. The highest BCUT2D eigenvalue weighted by molar-refractivity contribution is 7.13. The number of hydrogen-bond acceptors (Lipinski definition) is 5. The lowest BCUT2D eigenvalue weighted by molar-refractivity contribution is -0.145. The molecule has 0 spiro atoms. The van der Waals surface area contributed by atoms with E-state index < -0.39 is 30.6 Å². The monoisotopic (exact) mass is 346 g/mol. The Morgan fingerprint density at radius 2 is 2.12 bits per heavy atom. The van der Waals surface area contributed by atoms with Crippen LogP contribution in [-0.4, -0.2) is 26.8 Å². The standard InChI is InChI=1S/C16H12F2N4OS/c17-16(18)4-10(5-16)15(23)22-14-3-12-9(6-20-14)1-2-11(21-12)13-7-19-8-24-13/h1-3,6-8,10H,4-5H2,(H,20,22,23). The van der Waals surface area contributed by atoms with E-state index in [1.165, 1.54) is 11.3 Å². The van der Waals surface area contributed by atoms with E-state index in [9.17, 15) is 13.6 Å². The summed E-state index contributed by atoms with van der Waals surface area (Å²) >= 11 is 1.48. The molecule has 5 nitrogen and oxygen atoms in total. The van der Waals surface area contributed by atoms with Gasteiger partial charge in [-0.1, -0.05) is 0 Å². The summed E-state index contributed by atoms with van der Waals surface area (Å²) < 4.78 is 25.7.